The van der Waals surface area contributed by atoms with Crippen molar-refractivity contribution in [3.8, 4) is 0 Å². The molecule has 1 aliphatic heterocycles. The third kappa shape index (κ3) is 6.54. The van der Waals surface area contributed by atoms with Crippen LogP contribution < -0.4 is 5.32 Å². The molecule has 0 aromatic heterocycles. The molecule has 1 heterocycles. The highest BCUT2D eigenvalue weighted by Crippen LogP contribution is 2.28. The van der Waals surface area contributed by atoms with Gasteiger partial charge in [0.1, 0.15) is 15.5 Å². The predicted octanol–water partition coefficient (Wildman–Crippen LogP) is 1.68. The molecule has 37 heavy (non-hydrogen) atoms. The van der Waals surface area contributed by atoms with E-state index in [1.165, 1.54) is 41.3 Å². The number of aliphatic hydroxyl groups is 1. The topological polar surface area (TPSA) is 188 Å². The highest BCUT2D eigenvalue weighted by atomic mass is 35.5. The number of anilines is 1. The Morgan fingerprint density at radius 2 is 1.62 bits per heavy atom. The lowest BCUT2D eigenvalue weighted by Gasteiger charge is -2.15. The van der Waals surface area contributed by atoms with Crippen molar-refractivity contribution in [3.63, 3.8) is 0 Å². The summed E-state index contributed by atoms with van der Waals surface area (Å²) in [6.07, 6.45) is 2.38. The molecule has 0 atom stereocenters. The summed E-state index contributed by atoms with van der Waals surface area (Å²) in [5, 5.41) is 11.9. The van der Waals surface area contributed by atoms with Crippen LogP contribution >= 0.6 is 11.6 Å². The van der Waals surface area contributed by atoms with E-state index in [-0.39, 0.29) is 52.8 Å². The smallest absolute Gasteiger partial charge is 0.337 e. The summed E-state index contributed by atoms with van der Waals surface area (Å²) in [7, 11) is -8.36. The molecule has 2 aromatic rings. The van der Waals surface area contributed by atoms with Crippen LogP contribution in [0.2, 0.25) is 5.02 Å². The number of ether oxygens (including phenoxy) is 1. The molecule has 0 saturated carbocycles. The number of hydrogen-bond acceptors (Lipinski definition) is 9. The van der Waals surface area contributed by atoms with Crippen LogP contribution in [0.25, 0.3) is 12.2 Å². The Morgan fingerprint density at radius 1 is 1.05 bits per heavy atom. The number of rotatable bonds is 9. The summed E-state index contributed by atoms with van der Waals surface area (Å²) in [4.78, 5) is 24.9. The molecule has 15 heteroatoms. The first-order valence-corrected chi connectivity index (χ1v) is 13.6. The van der Waals surface area contributed by atoms with Crippen LogP contribution in [-0.2, 0) is 34.6 Å². The second kappa shape index (κ2) is 11.0. The Labute approximate surface area is 217 Å². The molecule has 0 radical (unpaired) electrons. The van der Waals surface area contributed by atoms with Crippen molar-refractivity contribution in [3.05, 3.63) is 63.8 Å². The number of halogens is 1. The first-order chi connectivity index (χ1) is 17.3. The number of carbonyl (C=O) groups is 2. The van der Waals surface area contributed by atoms with Gasteiger partial charge in [-0.1, -0.05) is 35.9 Å². The minimum Gasteiger partial charge on any atom is -0.466 e. The van der Waals surface area contributed by atoms with Crippen molar-refractivity contribution < 1.29 is 45.4 Å². The van der Waals surface area contributed by atoms with Crippen LogP contribution in [0, 0.1) is 0 Å². The minimum absolute atomic E-state index is 0.0104. The average Bonchev–Trinajstić information content (AvgIpc) is 3.12. The van der Waals surface area contributed by atoms with Gasteiger partial charge in [-0.3, -0.25) is 13.9 Å². The highest BCUT2D eigenvalue weighted by molar-refractivity contribution is 7.86. The zero-order valence-electron chi connectivity index (χ0n) is 19.1. The van der Waals surface area contributed by atoms with Gasteiger partial charge < -0.3 is 20.1 Å². The average molecular weight is 573 g/mol. The van der Waals surface area contributed by atoms with Gasteiger partial charge >= 0.3 is 5.97 Å². The standard InChI is InChI=1S/C22H21ClN2O10S2/c1-35-22(28)17-12-25(8-9-26)21(27)20(17)24-16-7-5-14(19(11-16)37(32,33)34)3-2-13-4-6-15(23)10-18(13)36(29,30)31/h2-7,10-11,24,26H,8-9,12H2,1H3,(H,29,30,31)(H,32,33,34). The third-order valence-electron chi connectivity index (χ3n) is 5.21. The fourth-order valence-corrected chi connectivity index (χ4v) is 5.17. The van der Waals surface area contributed by atoms with Crippen molar-refractivity contribution in [1.82, 2.24) is 4.90 Å². The lowest BCUT2D eigenvalue weighted by atomic mass is 10.1. The summed E-state index contributed by atoms with van der Waals surface area (Å²) >= 11 is 5.80. The first-order valence-electron chi connectivity index (χ1n) is 10.3. The first kappa shape index (κ1) is 28.3. The molecular weight excluding hydrogens is 552 g/mol. The maximum Gasteiger partial charge on any atom is 0.337 e. The third-order valence-corrected chi connectivity index (χ3v) is 7.26. The lowest BCUT2D eigenvalue weighted by Crippen LogP contribution is -2.31. The van der Waals surface area contributed by atoms with Crippen molar-refractivity contribution in [2.45, 2.75) is 9.79 Å². The Bertz CT molecular complexity index is 1530. The van der Waals surface area contributed by atoms with E-state index in [1.807, 2.05) is 0 Å². The zero-order valence-corrected chi connectivity index (χ0v) is 21.5. The van der Waals surface area contributed by atoms with Crippen molar-refractivity contribution >= 4 is 61.6 Å². The number of nitrogens with one attached hydrogen (secondary N) is 1. The zero-order chi connectivity index (χ0) is 27.5. The maximum atomic E-state index is 12.7. The van der Waals surface area contributed by atoms with E-state index in [0.717, 1.165) is 19.2 Å². The Kier molecular flexibility index (Phi) is 8.42. The fourth-order valence-electron chi connectivity index (χ4n) is 3.52. The maximum absolute atomic E-state index is 12.7. The molecule has 0 aliphatic carbocycles. The van der Waals surface area contributed by atoms with Gasteiger partial charge in [0.25, 0.3) is 26.1 Å². The predicted molar refractivity (Wildman–Crippen MR) is 133 cm³/mol. The summed E-state index contributed by atoms with van der Waals surface area (Å²) in [6.45, 7) is -0.549. The number of nitrogens with zero attached hydrogens (tertiary/aromatic N) is 1. The summed E-state index contributed by atoms with van der Waals surface area (Å²) in [5.41, 5.74) is -0.289. The lowest BCUT2D eigenvalue weighted by molar-refractivity contribution is -0.136. The molecule has 0 bridgehead atoms. The minimum atomic E-state index is -4.82. The van der Waals surface area contributed by atoms with Gasteiger partial charge in [0, 0.05) is 17.3 Å². The molecule has 0 spiro atoms. The number of amides is 1. The molecule has 0 fully saturated rings. The second-order valence-corrected chi connectivity index (χ2v) is 10.9. The van der Waals surface area contributed by atoms with Crippen LogP contribution in [0.5, 0.6) is 0 Å². The van der Waals surface area contributed by atoms with Crippen LogP contribution in [-0.4, -0.2) is 74.6 Å². The Morgan fingerprint density at radius 3 is 2.16 bits per heavy atom. The Hall–Kier alpha value is -3.27. The molecule has 3 rings (SSSR count). The van der Waals surface area contributed by atoms with Crippen LogP contribution in [0.15, 0.2) is 57.5 Å². The van der Waals surface area contributed by atoms with E-state index in [9.17, 15) is 35.5 Å². The number of benzene rings is 2. The van der Waals surface area contributed by atoms with E-state index in [1.54, 1.807) is 0 Å². The SMILES string of the molecule is COC(=O)C1=C(Nc2ccc(C=Cc3ccc(Cl)cc3S(=O)(=O)O)c(S(=O)(=O)O)c2)C(=O)N(CCO)C1. The van der Waals surface area contributed by atoms with Crippen molar-refractivity contribution in [2.24, 2.45) is 0 Å². The monoisotopic (exact) mass is 572 g/mol. The van der Waals surface area contributed by atoms with Gasteiger partial charge in [-0.05, 0) is 35.4 Å². The van der Waals surface area contributed by atoms with E-state index in [4.69, 9.17) is 21.4 Å². The van der Waals surface area contributed by atoms with E-state index in [0.29, 0.717) is 0 Å². The highest BCUT2D eigenvalue weighted by Gasteiger charge is 2.34. The van der Waals surface area contributed by atoms with Crippen LogP contribution in [0.1, 0.15) is 11.1 Å². The van der Waals surface area contributed by atoms with Crippen molar-refractivity contribution in [2.75, 3.05) is 32.1 Å². The van der Waals surface area contributed by atoms with E-state index >= 15 is 0 Å². The number of hydrogen-bond donors (Lipinski definition) is 4. The molecule has 1 amide bonds. The van der Waals surface area contributed by atoms with Crippen molar-refractivity contribution in [1.29, 1.82) is 0 Å². The molecule has 0 unspecified atom stereocenters. The van der Waals surface area contributed by atoms with Gasteiger partial charge in [0.05, 0.1) is 25.8 Å². The summed E-state index contributed by atoms with van der Waals surface area (Å²) in [5.74, 6) is -1.43. The summed E-state index contributed by atoms with van der Waals surface area (Å²) in [6, 6.07) is 7.27. The molecule has 1 aliphatic rings. The number of carbonyl (C=O) groups excluding carboxylic acids is 2. The molecule has 12 nitrogen and oxygen atoms in total. The number of aliphatic hydroxyl groups excluding tert-OH is 1. The largest absolute Gasteiger partial charge is 0.466 e. The van der Waals surface area contributed by atoms with Crippen LogP contribution in [0.3, 0.4) is 0 Å². The van der Waals surface area contributed by atoms with Gasteiger partial charge in [-0.15, -0.1) is 0 Å². The number of methoxy groups -OCH3 is 1. The second-order valence-electron chi connectivity index (χ2n) is 7.64. The molecule has 0 saturated heterocycles. The van der Waals surface area contributed by atoms with Gasteiger partial charge in [0.2, 0.25) is 0 Å². The quantitative estimate of drug-likeness (QED) is 0.194. The molecule has 2 aromatic carbocycles. The van der Waals surface area contributed by atoms with E-state index in [2.05, 4.69) is 5.32 Å². The van der Waals surface area contributed by atoms with E-state index < -0.39 is 41.9 Å². The van der Waals surface area contributed by atoms with Gasteiger partial charge in [-0.25, -0.2) is 4.79 Å². The molecule has 4 N–H and O–H groups in total. The van der Waals surface area contributed by atoms with Gasteiger partial charge in [-0.2, -0.15) is 16.8 Å². The van der Waals surface area contributed by atoms with Crippen LogP contribution in [0.4, 0.5) is 5.69 Å². The molecule has 198 valence electrons. The number of β-amino-alcohol motifs (C(OH)–C–C–N with tert-alkyl or cyclic N) is 1. The fraction of sp³-hybridized carbons (Fsp3) is 0.182. The summed E-state index contributed by atoms with van der Waals surface area (Å²) < 4.78 is 71.5. The van der Waals surface area contributed by atoms with Gasteiger partial charge in [0.15, 0.2) is 0 Å². The number of esters is 1. The molecular formula is C22H21ClN2O10S2. The normalized spacial score (nSPS) is 14.5. The Balaban J connectivity index is 2.03.